The van der Waals surface area contributed by atoms with Gasteiger partial charge in [-0.25, -0.2) is 0 Å². The van der Waals surface area contributed by atoms with E-state index in [0.717, 1.165) is 18.3 Å². The van der Waals surface area contributed by atoms with E-state index >= 15 is 0 Å². The molecule has 0 amide bonds. The van der Waals surface area contributed by atoms with Gasteiger partial charge in [-0.2, -0.15) is 0 Å². The van der Waals surface area contributed by atoms with Gasteiger partial charge in [-0.1, -0.05) is 36.9 Å². The van der Waals surface area contributed by atoms with Crippen molar-refractivity contribution < 1.29 is 4.79 Å². The van der Waals surface area contributed by atoms with E-state index in [1.807, 2.05) is 30.3 Å². The van der Waals surface area contributed by atoms with E-state index < -0.39 is 0 Å². The van der Waals surface area contributed by atoms with Gasteiger partial charge in [0.15, 0.2) is 0 Å². The van der Waals surface area contributed by atoms with Crippen LogP contribution in [0.4, 0.5) is 0 Å². The van der Waals surface area contributed by atoms with Crippen molar-refractivity contribution in [1.29, 1.82) is 0 Å². The third-order valence-corrected chi connectivity index (χ3v) is 1.77. The Bertz CT molecular complexity index is 259. The van der Waals surface area contributed by atoms with Crippen LogP contribution < -0.4 is 0 Å². The van der Waals surface area contributed by atoms with E-state index in [4.69, 9.17) is 0 Å². The maximum absolute atomic E-state index is 10.1. The Morgan fingerprint density at radius 2 is 1.92 bits per heavy atom. The third kappa shape index (κ3) is 2.35. The zero-order valence-corrected chi connectivity index (χ0v) is 6.99. The van der Waals surface area contributed by atoms with Gasteiger partial charge in [-0.05, 0) is 17.5 Å². The topological polar surface area (TPSA) is 17.1 Å². The lowest BCUT2D eigenvalue weighted by Gasteiger charge is -1.97. The molecular weight excluding hydrogens is 148 g/mol. The van der Waals surface area contributed by atoms with Crippen LogP contribution in [0.25, 0.3) is 6.08 Å². The van der Waals surface area contributed by atoms with E-state index in [1.54, 1.807) is 0 Å². The Morgan fingerprint density at radius 1 is 1.25 bits per heavy atom. The number of rotatable bonds is 4. The van der Waals surface area contributed by atoms with Gasteiger partial charge in [0.1, 0.15) is 6.29 Å². The molecule has 0 bridgehead atoms. The summed E-state index contributed by atoms with van der Waals surface area (Å²) in [4.78, 5) is 10.1. The fourth-order valence-corrected chi connectivity index (χ4v) is 1.05. The molecule has 62 valence electrons. The van der Waals surface area contributed by atoms with Crippen LogP contribution in [-0.2, 0) is 11.2 Å². The molecule has 0 aromatic heterocycles. The lowest BCUT2D eigenvalue weighted by molar-refractivity contribution is -0.107. The van der Waals surface area contributed by atoms with Crippen LogP contribution in [0.1, 0.15) is 17.5 Å². The fourth-order valence-electron chi connectivity index (χ4n) is 1.05. The number of aryl methyl sites for hydroxylation is 1. The summed E-state index contributed by atoms with van der Waals surface area (Å²) in [6.07, 6.45) is 4.19. The van der Waals surface area contributed by atoms with Crippen LogP contribution >= 0.6 is 0 Å². The van der Waals surface area contributed by atoms with Crippen molar-refractivity contribution in [2.45, 2.75) is 12.8 Å². The van der Waals surface area contributed by atoms with Gasteiger partial charge in [-0.15, -0.1) is 0 Å². The van der Waals surface area contributed by atoms with Gasteiger partial charge in [0.2, 0.25) is 0 Å². The normalized spacial score (nSPS) is 9.33. The molecule has 1 heteroatoms. The molecule has 1 aromatic carbocycles. The lowest BCUT2D eigenvalue weighted by atomic mass is 10.1. The highest BCUT2D eigenvalue weighted by Crippen LogP contribution is 2.06. The number of hydrogen-bond acceptors (Lipinski definition) is 1. The molecule has 1 rings (SSSR count). The Morgan fingerprint density at radius 3 is 2.42 bits per heavy atom. The van der Waals surface area contributed by atoms with E-state index in [-0.39, 0.29) is 0 Å². The number of aldehydes is 1. The summed E-state index contributed by atoms with van der Waals surface area (Å²) in [5, 5.41) is 0. The molecule has 0 N–H and O–H groups in total. The van der Waals surface area contributed by atoms with Gasteiger partial charge in [0.25, 0.3) is 0 Å². The first kappa shape index (κ1) is 8.72. The highest BCUT2D eigenvalue weighted by Gasteiger charge is 1.91. The fraction of sp³-hybridized carbons (Fsp3) is 0.182. The lowest BCUT2D eigenvalue weighted by Crippen LogP contribution is -1.85. The Kier molecular flexibility index (Phi) is 3.27. The smallest absolute Gasteiger partial charge is 0.120 e. The quantitative estimate of drug-likeness (QED) is 0.618. The van der Waals surface area contributed by atoms with E-state index in [9.17, 15) is 4.79 Å². The summed E-state index contributed by atoms with van der Waals surface area (Å²) in [6, 6.07) is 8.07. The minimum atomic E-state index is 0.605. The van der Waals surface area contributed by atoms with Gasteiger partial charge in [-0.3, -0.25) is 0 Å². The summed E-state index contributed by atoms with van der Waals surface area (Å²) in [6.45, 7) is 3.67. The maximum atomic E-state index is 10.1. The van der Waals surface area contributed by atoms with Gasteiger partial charge in [0, 0.05) is 6.42 Å². The molecule has 1 aromatic rings. The Balaban J connectivity index is 2.64. The number of benzene rings is 1. The van der Waals surface area contributed by atoms with Crippen LogP contribution in [0.2, 0.25) is 0 Å². The van der Waals surface area contributed by atoms with Crippen LogP contribution in [0.5, 0.6) is 0 Å². The highest BCUT2D eigenvalue weighted by atomic mass is 16.1. The Labute approximate surface area is 72.7 Å². The van der Waals surface area contributed by atoms with Crippen molar-refractivity contribution in [3.63, 3.8) is 0 Å². The largest absolute Gasteiger partial charge is 0.303 e. The van der Waals surface area contributed by atoms with Crippen LogP contribution in [0.15, 0.2) is 30.8 Å². The molecule has 0 atom stereocenters. The Hall–Kier alpha value is -1.37. The predicted molar refractivity (Wildman–Crippen MR) is 50.9 cm³/mol. The second kappa shape index (κ2) is 4.50. The van der Waals surface area contributed by atoms with Crippen molar-refractivity contribution in [2.75, 3.05) is 0 Å². The minimum absolute atomic E-state index is 0.605. The first-order valence-corrected chi connectivity index (χ1v) is 4.02. The third-order valence-electron chi connectivity index (χ3n) is 1.77. The molecule has 0 aliphatic carbocycles. The predicted octanol–water partition coefficient (Wildman–Crippen LogP) is 2.46. The molecular formula is C11H12O. The van der Waals surface area contributed by atoms with Crippen molar-refractivity contribution in [3.8, 4) is 0 Å². The molecule has 0 aliphatic rings. The molecule has 0 saturated heterocycles. The van der Waals surface area contributed by atoms with Gasteiger partial charge in [0.05, 0.1) is 0 Å². The molecule has 0 saturated carbocycles. The summed E-state index contributed by atoms with van der Waals surface area (Å²) in [7, 11) is 0. The second-order valence-electron chi connectivity index (χ2n) is 2.65. The van der Waals surface area contributed by atoms with E-state index in [0.29, 0.717) is 6.42 Å². The highest BCUT2D eigenvalue weighted by molar-refractivity contribution is 5.51. The van der Waals surface area contributed by atoms with E-state index in [1.165, 1.54) is 5.56 Å². The molecule has 0 radical (unpaired) electrons. The zero-order chi connectivity index (χ0) is 8.81. The second-order valence-corrected chi connectivity index (χ2v) is 2.65. The van der Waals surface area contributed by atoms with Crippen LogP contribution in [0.3, 0.4) is 0 Å². The molecule has 0 fully saturated rings. The number of carbonyl (C=O) groups is 1. The molecule has 12 heavy (non-hydrogen) atoms. The van der Waals surface area contributed by atoms with Crippen molar-refractivity contribution in [1.82, 2.24) is 0 Å². The number of carbonyl (C=O) groups excluding carboxylic acids is 1. The summed E-state index contributed by atoms with van der Waals surface area (Å²) in [5.41, 5.74) is 2.32. The molecule has 0 unspecified atom stereocenters. The van der Waals surface area contributed by atoms with Crippen LogP contribution in [0, 0.1) is 0 Å². The number of hydrogen-bond donors (Lipinski definition) is 0. The van der Waals surface area contributed by atoms with Gasteiger partial charge < -0.3 is 4.79 Å². The average molecular weight is 160 g/mol. The standard InChI is InChI=1S/C11H12O/c1-2-10-5-7-11(8-6-10)4-3-9-12/h2,5-9H,1,3-4H2. The molecule has 0 spiro atoms. The van der Waals surface area contributed by atoms with Crippen molar-refractivity contribution in [3.05, 3.63) is 42.0 Å². The first-order valence-electron chi connectivity index (χ1n) is 4.02. The summed E-state index contributed by atoms with van der Waals surface area (Å²) in [5.74, 6) is 0. The average Bonchev–Trinajstić information content (AvgIpc) is 2.15. The van der Waals surface area contributed by atoms with Crippen molar-refractivity contribution in [2.24, 2.45) is 0 Å². The van der Waals surface area contributed by atoms with Gasteiger partial charge >= 0.3 is 0 Å². The molecule has 1 nitrogen and oxygen atoms in total. The summed E-state index contributed by atoms with van der Waals surface area (Å²) >= 11 is 0. The zero-order valence-electron chi connectivity index (χ0n) is 6.99. The molecule has 0 aliphatic heterocycles. The monoisotopic (exact) mass is 160 g/mol. The van der Waals surface area contributed by atoms with Crippen molar-refractivity contribution >= 4 is 12.4 Å². The summed E-state index contributed by atoms with van der Waals surface area (Å²) < 4.78 is 0. The first-order chi connectivity index (χ1) is 5.86. The molecule has 0 heterocycles. The van der Waals surface area contributed by atoms with Crippen LogP contribution in [-0.4, -0.2) is 6.29 Å². The van der Waals surface area contributed by atoms with E-state index in [2.05, 4.69) is 6.58 Å². The maximum Gasteiger partial charge on any atom is 0.120 e. The minimum Gasteiger partial charge on any atom is -0.303 e. The SMILES string of the molecule is C=Cc1ccc(CCC=O)cc1.